The quantitative estimate of drug-likeness (QED) is 0.599. The van der Waals surface area contributed by atoms with Gasteiger partial charge in [0, 0.05) is 6.42 Å². The summed E-state index contributed by atoms with van der Waals surface area (Å²) >= 11 is 0. The van der Waals surface area contributed by atoms with Crippen molar-refractivity contribution in [1.29, 1.82) is 0 Å². The summed E-state index contributed by atoms with van der Waals surface area (Å²) in [6, 6.07) is -0.153. The fourth-order valence-corrected chi connectivity index (χ4v) is 1.88. The lowest BCUT2D eigenvalue weighted by molar-refractivity contribution is -0.123. The number of carbonyl (C=O) groups excluding carboxylic acids is 1. The highest BCUT2D eigenvalue weighted by Crippen LogP contribution is 2.14. The SMILES string of the molecule is CC(C)CC(CN)CC(=O)NC(CO)C(C)C. The minimum absolute atomic E-state index is 0.00569. The molecule has 0 spiro atoms. The van der Waals surface area contributed by atoms with E-state index in [-0.39, 0.29) is 30.4 Å². The summed E-state index contributed by atoms with van der Waals surface area (Å²) in [6.45, 7) is 8.75. The Bertz CT molecular complexity index is 217. The monoisotopic (exact) mass is 244 g/mol. The van der Waals surface area contributed by atoms with Gasteiger partial charge in [-0.3, -0.25) is 4.79 Å². The van der Waals surface area contributed by atoms with E-state index in [1.807, 2.05) is 13.8 Å². The van der Waals surface area contributed by atoms with Gasteiger partial charge >= 0.3 is 0 Å². The lowest BCUT2D eigenvalue weighted by Gasteiger charge is -2.22. The molecule has 102 valence electrons. The Hall–Kier alpha value is -0.610. The highest BCUT2D eigenvalue weighted by Gasteiger charge is 2.18. The van der Waals surface area contributed by atoms with Gasteiger partial charge in [-0.2, -0.15) is 0 Å². The second kappa shape index (κ2) is 8.48. The Kier molecular flexibility index (Phi) is 8.17. The van der Waals surface area contributed by atoms with Crippen molar-refractivity contribution in [2.75, 3.05) is 13.2 Å². The molecule has 0 aromatic heterocycles. The molecule has 4 heteroatoms. The first kappa shape index (κ1) is 16.4. The Morgan fingerprint density at radius 2 is 1.88 bits per heavy atom. The first-order valence-electron chi connectivity index (χ1n) is 6.50. The summed E-state index contributed by atoms with van der Waals surface area (Å²) in [6.07, 6.45) is 1.42. The van der Waals surface area contributed by atoms with Crippen LogP contribution in [0.3, 0.4) is 0 Å². The zero-order valence-corrected chi connectivity index (χ0v) is 11.6. The van der Waals surface area contributed by atoms with E-state index in [0.29, 0.717) is 18.9 Å². The van der Waals surface area contributed by atoms with Gasteiger partial charge in [-0.05, 0) is 30.7 Å². The molecule has 0 aliphatic carbocycles. The summed E-state index contributed by atoms with van der Waals surface area (Å²) in [4.78, 5) is 11.8. The summed E-state index contributed by atoms with van der Waals surface area (Å²) in [7, 11) is 0. The van der Waals surface area contributed by atoms with Crippen LogP contribution in [0.1, 0.15) is 40.5 Å². The second-order valence-electron chi connectivity index (χ2n) is 5.54. The van der Waals surface area contributed by atoms with Crippen LogP contribution in [0.25, 0.3) is 0 Å². The number of aliphatic hydroxyl groups excluding tert-OH is 1. The highest BCUT2D eigenvalue weighted by atomic mass is 16.3. The Balaban J connectivity index is 4.13. The lowest BCUT2D eigenvalue weighted by atomic mass is 9.93. The van der Waals surface area contributed by atoms with Crippen molar-refractivity contribution in [3.8, 4) is 0 Å². The molecule has 0 aliphatic rings. The fraction of sp³-hybridized carbons (Fsp3) is 0.923. The Morgan fingerprint density at radius 1 is 1.29 bits per heavy atom. The van der Waals surface area contributed by atoms with Crippen LogP contribution in [0, 0.1) is 17.8 Å². The zero-order chi connectivity index (χ0) is 13.4. The fourth-order valence-electron chi connectivity index (χ4n) is 1.88. The van der Waals surface area contributed by atoms with Crippen LogP contribution in [0.4, 0.5) is 0 Å². The average Bonchev–Trinajstić information content (AvgIpc) is 2.23. The minimum atomic E-state index is -0.153. The van der Waals surface area contributed by atoms with Gasteiger partial charge in [-0.1, -0.05) is 27.7 Å². The maximum atomic E-state index is 11.8. The van der Waals surface area contributed by atoms with E-state index < -0.39 is 0 Å². The van der Waals surface area contributed by atoms with Gasteiger partial charge in [-0.15, -0.1) is 0 Å². The molecule has 0 fully saturated rings. The molecule has 1 amide bonds. The second-order valence-corrected chi connectivity index (χ2v) is 5.54. The van der Waals surface area contributed by atoms with Crippen LogP contribution in [0.15, 0.2) is 0 Å². The number of rotatable bonds is 8. The third kappa shape index (κ3) is 7.34. The predicted octanol–water partition coefficient (Wildman–Crippen LogP) is 1.13. The summed E-state index contributed by atoms with van der Waals surface area (Å²) in [5.41, 5.74) is 5.66. The molecule has 0 aromatic carbocycles. The normalized spacial score (nSPS) is 15.1. The molecule has 0 bridgehead atoms. The molecule has 2 atom stereocenters. The van der Waals surface area contributed by atoms with Crippen LogP contribution in [0.5, 0.6) is 0 Å². The van der Waals surface area contributed by atoms with Crippen molar-refractivity contribution >= 4 is 5.91 Å². The van der Waals surface area contributed by atoms with Crippen molar-refractivity contribution in [3.63, 3.8) is 0 Å². The number of nitrogens with two attached hydrogens (primary N) is 1. The molecule has 2 unspecified atom stereocenters. The number of nitrogens with one attached hydrogen (secondary N) is 1. The van der Waals surface area contributed by atoms with Crippen molar-refractivity contribution < 1.29 is 9.90 Å². The maximum absolute atomic E-state index is 11.8. The minimum Gasteiger partial charge on any atom is -0.394 e. The molecular weight excluding hydrogens is 216 g/mol. The van der Waals surface area contributed by atoms with Gasteiger partial charge in [0.2, 0.25) is 5.91 Å². The molecule has 0 radical (unpaired) electrons. The molecule has 0 rings (SSSR count). The standard InChI is InChI=1S/C13H28N2O2/c1-9(2)5-11(7-14)6-13(17)15-12(8-16)10(3)4/h9-12,16H,5-8,14H2,1-4H3,(H,15,17). The van der Waals surface area contributed by atoms with Gasteiger partial charge in [0.15, 0.2) is 0 Å². The van der Waals surface area contributed by atoms with E-state index in [4.69, 9.17) is 10.8 Å². The van der Waals surface area contributed by atoms with Crippen molar-refractivity contribution in [3.05, 3.63) is 0 Å². The Labute approximate surface area is 105 Å². The van der Waals surface area contributed by atoms with Gasteiger partial charge in [-0.25, -0.2) is 0 Å². The molecule has 0 aliphatic heterocycles. The molecule has 0 saturated heterocycles. The van der Waals surface area contributed by atoms with Crippen LogP contribution in [-0.2, 0) is 4.79 Å². The van der Waals surface area contributed by atoms with E-state index in [1.165, 1.54) is 0 Å². The van der Waals surface area contributed by atoms with E-state index in [2.05, 4.69) is 19.2 Å². The summed E-state index contributed by atoms with van der Waals surface area (Å²) in [5, 5.41) is 12.0. The van der Waals surface area contributed by atoms with Crippen LogP contribution in [-0.4, -0.2) is 30.2 Å². The van der Waals surface area contributed by atoms with Crippen LogP contribution < -0.4 is 11.1 Å². The van der Waals surface area contributed by atoms with Crippen molar-refractivity contribution in [2.45, 2.75) is 46.6 Å². The Morgan fingerprint density at radius 3 is 2.24 bits per heavy atom. The number of aliphatic hydroxyl groups is 1. The number of hydrogen-bond acceptors (Lipinski definition) is 3. The number of carbonyl (C=O) groups is 1. The van der Waals surface area contributed by atoms with E-state index in [9.17, 15) is 4.79 Å². The smallest absolute Gasteiger partial charge is 0.220 e. The first-order chi connectivity index (χ1) is 7.90. The topological polar surface area (TPSA) is 75.4 Å². The lowest BCUT2D eigenvalue weighted by Crippen LogP contribution is -2.42. The third-order valence-electron chi connectivity index (χ3n) is 2.96. The molecule has 0 heterocycles. The van der Waals surface area contributed by atoms with Gasteiger partial charge in [0.25, 0.3) is 0 Å². The molecule has 4 nitrogen and oxygen atoms in total. The number of hydrogen-bond donors (Lipinski definition) is 3. The van der Waals surface area contributed by atoms with Gasteiger partial charge in [0.1, 0.15) is 0 Å². The van der Waals surface area contributed by atoms with Crippen LogP contribution in [0.2, 0.25) is 0 Å². The van der Waals surface area contributed by atoms with E-state index in [1.54, 1.807) is 0 Å². The maximum Gasteiger partial charge on any atom is 0.220 e. The first-order valence-corrected chi connectivity index (χ1v) is 6.50. The van der Waals surface area contributed by atoms with Crippen molar-refractivity contribution in [1.82, 2.24) is 5.32 Å². The molecule has 4 N–H and O–H groups in total. The summed E-state index contributed by atoms with van der Waals surface area (Å²) in [5.74, 6) is 1.02. The van der Waals surface area contributed by atoms with Gasteiger partial charge in [0.05, 0.1) is 12.6 Å². The molecular formula is C13H28N2O2. The molecule has 0 aromatic rings. The molecule has 0 saturated carbocycles. The molecule has 17 heavy (non-hydrogen) atoms. The highest BCUT2D eigenvalue weighted by molar-refractivity contribution is 5.76. The van der Waals surface area contributed by atoms with Crippen molar-refractivity contribution in [2.24, 2.45) is 23.5 Å². The largest absolute Gasteiger partial charge is 0.394 e. The van der Waals surface area contributed by atoms with E-state index >= 15 is 0 Å². The zero-order valence-electron chi connectivity index (χ0n) is 11.6. The number of amides is 1. The third-order valence-corrected chi connectivity index (χ3v) is 2.96. The average molecular weight is 244 g/mol. The summed E-state index contributed by atoms with van der Waals surface area (Å²) < 4.78 is 0. The van der Waals surface area contributed by atoms with Gasteiger partial charge < -0.3 is 16.2 Å². The van der Waals surface area contributed by atoms with Crippen LogP contribution >= 0.6 is 0 Å². The van der Waals surface area contributed by atoms with E-state index in [0.717, 1.165) is 6.42 Å². The predicted molar refractivity (Wildman–Crippen MR) is 70.5 cm³/mol.